The summed E-state index contributed by atoms with van der Waals surface area (Å²) in [5.74, 6) is 1.46. The van der Waals surface area contributed by atoms with Gasteiger partial charge in [-0.2, -0.15) is 0 Å². The van der Waals surface area contributed by atoms with Crippen molar-refractivity contribution in [2.75, 3.05) is 7.11 Å². The molecule has 21 heavy (non-hydrogen) atoms. The van der Waals surface area contributed by atoms with Crippen LogP contribution in [0.25, 0.3) is 0 Å². The van der Waals surface area contributed by atoms with Gasteiger partial charge in [0.15, 0.2) is 0 Å². The highest BCUT2D eigenvalue weighted by molar-refractivity contribution is 5.77. The zero-order valence-electron chi connectivity index (χ0n) is 13.2. The zero-order chi connectivity index (χ0) is 14.8. The maximum Gasteiger partial charge on any atom is 0.312 e. The van der Waals surface area contributed by atoms with Gasteiger partial charge >= 0.3 is 5.97 Å². The van der Waals surface area contributed by atoms with Crippen molar-refractivity contribution in [3.05, 3.63) is 34.9 Å². The summed E-state index contributed by atoms with van der Waals surface area (Å²) in [5.41, 5.74) is 4.08. The van der Waals surface area contributed by atoms with E-state index in [1.165, 1.54) is 63.2 Å². The van der Waals surface area contributed by atoms with Gasteiger partial charge in [0, 0.05) is 0 Å². The van der Waals surface area contributed by atoms with Crippen LogP contribution in [0.5, 0.6) is 0 Å². The minimum absolute atomic E-state index is 0.142. The fourth-order valence-electron chi connectivity index (χ4n) is 4.19. The number of ether oxygens (including phenoxy) is 1. The number of benzene rings is 1. The first-order valence-electron chi connectivity index (χ1n) is 8.38. The molecule has 0 aliphatic heterocycles. The van der Waals surface area contributed by atoms with Gasteiger partial charge in [-0.15, -0.1) is 0 Å². The van der Waals surface area contributed by atoms with E-state index in [-0.39, 0.29) is 11.9 Å². The van der Waals surface area contributed by atoms with Gasteiger partial charge in [0.1, 0.15) is 0 Å². The smallest absolute Gasteiger partial charge is 0.312 e. The average Bonchev–Trinajstić information content (AvgIpc) is 2.97. The molecule has 1 aromatic rings. The molecular formula is C19H26O2. The van der Waals surface area contributed by atoms with Crippen molar-refractivity contribution in [2.24, 2.45) is 11.8 Å². The molecule has 1 saturated carbocycles. The Bertz CT molecular complexity index is 514. The summed E-state index contributed by atoms with van der Waals surface area (Å²) in [6, 6.07) is 6.61. The highest BCUT2D eigenvalue weighted by atomic mass is 16.5. The third-order valence-electron chi connectivity index (χ3n) is 5.57. The number of hydrogen-bond donors (Lipinski definition) is 0. The van der Waals surface area contributed by atoms with E-state index < -0.39 is 0 Å². The van der Waals surface area contributed by atoms with Gasteiger partial charge in [-0.1, -0.05) is 50.3 Å². The molecule has 0 aromatic heterocycles. The van der Waals surface area contributed by atoms with Gasteiger partial charge in [-0.3, -0.25) is 4.79 Å². The van der Waals surface area contributed by atoms with Crippen LogP contribution in [0.1, 0.15) is 61.6 Å². The number of carbonyl (C=O) groups is 1. The van der Waals surface area contributed by atoms with Gasteiger partial charge in [0.05, 0.1) is 13.0 Å². The number of esters is 1. The van der Waals surface area contributed by atoms with Crippen molar-refractivity contribution < 1.29 is 9.53 Å². The van der Waals surface area contributed by atoms with Crippen molar-refractivity contribution in [3.63, 3.8) is 0 Å². The normalized spacial score (nSPS) is 23.6. The van der Waals surface area contributed by atoms with Crippen LogP contribution in [-0.2, 0) is 22.4 Å². The lowest BCUT2D eigenvalue weighted by Crippen LogP contribution is -2.18. The summed E-state index contributed by atoms with van der Waals surface area (Å²) in [7, 11) is 1.46. The molecule has 0 amide bonds. The van der Waals surface area contributed by atoms with Gasteiger partial charge < -0.3 is 4.74 Å². The molecule has 3 rings (SSSR count). The Morgan fingerprint density at radius 3 is 2.52 bits per heavy atom. The molecule has 2 heteroatoms. The second kappa shape index (κ2) is 6.21. The Hall–Kier alpha value is -1.31. The predicted octanol–water partition coefficient (Wildman–Crippen LogP) is 4.26. The van der Waals surface area contributed by atoms with E-state index in [0.29, 0.717) is 0 Å². The van der Waals surface area contributed by atoms with E-state index >= 15 is 0 Å². The zero-order valence-corrected chi connectivity index (χ0v) is 13.2. The quantitative estimate of drug-likeness (QED) is 0.776. The van der Waals surface area contributed by atoms with Crippen LogP contribution >= 0.6 is 0 Å². The Kier molecular flexibility index (Phi) is 4.32. The Morgan fingerprint density at radius 2 is 1.81 bits per heavy atom. The minimum atomic E-state index is -0.158. The number of carbonyl (C=O) groups excluding carboxylic acids is 1. The van der Waals surface area contributed by atoms with E-state index in [0.717, 1.165) is 17.4 Å². The number of methoxy groups -OCH3 is 1. The molecule has 0 saturated heterocycles. The fourth-order valence-corrected chi connectivity index (χ4v) is 4.19. The standard InChI is InChI=1S/C19H26O2/c1-13(19(20)21-2)15-8-9-16-11-17(12-18(16)10-15)14-6-4-3-5-7-14/h8-10,13-14,17H,3-7,11-12H2,1-2H3/t13-,17-/m0/s1. The highest BCUT2D eigenvalue weighted by Crippen LogP contribution is 2.39. The van der Waals surface area contributed by atoms with E-state index in [1.807, 2.05) is 6.92 Å². The molecule has 2 atom stereocenters. The third kappa shape index (κ3) is 3.00. The fraction of sp³-hybridized carbons (Fsp3) is 0.632. The minimum Gasteiger partial charge on any atom is -0.469 e. The maximum absolute atomic E-state index is 11.7. The Balaban J connectivity index is 1.73. The number of fused-ring (bicyclic) bond motifs is 1. The molecular weight excluding hydrogens is 260 g/mol. The molecule has 1 fully saturated rings. The summed E-state index contributed by atoms with van der Waals surface area (Å²) < 4.78 is 4.86. The molecule has 2 aliphatic carbocycles. The third-order valence-corrected chi connectivity index (χ3v) is 5.57. The summed E-state index contributed by atoms with van der Waals surface area (Å²) in [6.45, 7) is 1.93. The van der Waals surface area contributed by atoms with Crippen molar-refractivity contribution in [2.45, 2.75) is 57.8 Å². The van der Waals surface area contributed by atoms with E-state index in [9.17, 15) is 4.79 Å². The lowest BCUT2D eigenvalue weighted by atomic mass is 9.79. The second-order valence-corrected chi connectivity index (χ2v) is 6.84. The van der Waals surface area contributed by atoms with Gasteiger partial charge in [-0.25, -0.2) is 0 Å². The van der Waals surface area contributed by atoms with Crippen LogP contribution in [-0.4, -0.2) is 13.1 Å². The summed E-state index contributed by atoms with van der Waals surface area (Å²) >= 11 is 0. The molecule has 0 heterocycles. The van der Waals surface area contributed by atoms with Crippen molar-refractivity contribution in [3.8, 4) is 0 Å². The summed E-state index contributed by atoms with van der Waals surface area (Å²) in [5, 5.41) is 0. The lowest BCUT2D eigenvalue weighted by Gasteiger charge is -2.27. The van der Waals surface area contributed by atoms with Gasteiger partial charge in [-0.05, 0) is 48.3 Å². The van der Waals surface area contributed by atoms with Crippen molar-refractivity contribution in [1.29, 1.82) is 0 Å². The Labute approximate surface area is 127 Å². The Morgan fingerprint density at radius 1 is 1.10 bits per heavy atom. The molecule has 114 valence electrons. The maximum atomic E-state index is 11.7. The lowest BCUT2D eigenvalue weighted by molar-refractivity contribution is -0.141. The number of hydrogen-bond acceptors (Lipinski definition) is 2. The average molecular weight is 286 g/mol. The molecule has 0 unspecified atom stereocenters. The van der Waals surface area contributed by atoms with E-state index in [1.54, 1.807) is 0 Å². The highest BCUT2D eigenvalue weighted by Gasteiger charge is 2.30. The first kappa shape index (κ1) is 14.6. The predicted molar refractivity (Wildman–Crippen MR) is 84.3 cm³/mol. The van der Waals surface area contributed by atoms with Gasteiger partial charge in [0.25, 0.3) is 0 Å². The van der Waals surface area contributed by atoms with Crippen LogP contribution in [0.3, 0.4) is 0 Å². The topological polar surface area (TPSA) is 26.3 Å². The van der Waals surface area contributed by atoms with Crippen molar-refractivity contribution in [1.82, 2.24) is 0 Å². The monoisotopic (exact) mass is 286 g/mol. The summed E-state index contributed by atoms with van der Waals surface area (Å²) in [6.07, 6.45) is 9.56. The first-order valence-corrected chi connectivity index (χ1v) is 8.38. The van der Waals surface area contributed by atoms with Crippen LogP contribution in [0, 0.1) is 11.8 Å². The molecule has 1 aromatic carbocycles. The second-order valence-electron chi connectivity index (χ2n) is 6.84. The molecule has 0 spiro atoms. The van der Waals surface area contributed by atoms with Crippen molar-refractivity contribution >= 4 is 5.97 Å². The van der Waals surface area contributed by atoms with Crippen LogP contribution in [0.4, 0.5) is 0 Å². The van der Waals surface area contributed by atoms with Crippen LogP contribution in [0.15, 0.2) is 18.2 Å². The largest absolute Gasteiger partial charge is 0.469 e. The molecule has 0 N–H and O–H groups in total. The first-order chi connectivity index (χ1) is 10.2. The van der Waals surface area contributed by atoms with Crippen LogP contribution < -0.4 is 0 Å². The molecule has 2 aliphatic rings. The SMILES string of the molecule is COC(=O)[C@@H](C)c1ccc2c(c1)C[C@@H](C1CCCCC1)C2. The molecule has 0 radical (unpaired) electrons. The summed E-state index contributed by atoms with van der Waals surface area (Å²) in [4.78, 5) is 11.7. The van der Waals surface area contributed by atoms with Gasteiger partial charge in [0.2, 0.25) is 0 Å². The van der Waals surface area contributed by atoms with Crippen LogP contribution in [0.2, 0.25) is 0 Å². The number of rotatable bonds is 3. The molecule has 0 bridgehead atoms. The van der Waals surface area contributed by atoms with E-state index in [2.05, 4.69) is 18.2 Å². The van der Waals surface area contributed by atoms with E-state index in [4.69, 9.17) is 4.74 Å². The molecule has 2 nitrogen and oxygen atoms in total.